The van der Waals surface area contributed by atoms with Crippen LogP contribution < -0.4 is 10.6 Å². The second-order valence-corrected chi connectivity index (χ2v) is 8.73. The van der Waals surface area contributed by atoms with Gasteiger partial charge in [0, 0.05) is 47.1 Å². The standard InChI is InChI=1S/C28H25N3O2S/c1-20-7-11-23(26-6-4-18-34-26)19-25(20)31-28(33)22-12-8-21(9-13-22)10-14-27(32)30-17-15-24-5-2-3-16-29-24/h2-14,16,18-19H,15,17H2,1H3,(H,30,32)(H,31,33)/b14-10+. The van der Waals surface area contributed by atoms with E-state index in [1.807, 2.05) is 60.8 Å². The van der Waals surface area contributed by atoms with Gasteiger partial charge in [0.25, 0.3) is 5.91 Å². The summed E-state index contributed by atoms with van der Waals surface area (Å²) in [5.74, 6) is -0.340. The Kier molecular flexibility index (Phi) is 7.63. The van der Waals surface area contributed by atoms with Gasteiger partial charge in [0.15, 0.2) is 0 Å². The van der Waals surface area contributed by atoms with Crippen molar-refractivity contribution in [2.24, 2.45) is 0 Å². The molecule has 2 aromatic heterocycles. The van der Waals surface area contributed by atoms with E-state index < -0.39 is 0 Å². The first-order chi connectivity index (χ1) is 16.6. The lowest BCUT2D eigenvalue weighted by molar-refractivity contribution is -0.116. The van der Waals surface area contributed by atoms with Gasteiger partial charge in [-0.2, -0.15) is 0 Å². The van der Waals surface area contributed by atoms with Crippen LogP contribution in [0.25, 0.3) is 16.5 Å². The third-order valence-electron chi connectivity index (χ3n) is 5.30. The first-order valence-corrected chi connectivity index (χ1v) is 11.9. The minimum atomic E-state index is -0.172. The number of nitrogens with one attached hydrogen (secondary N) is 2. The summed E-state index contributed by atoms with van der Waals surface area (Å²) >= 11 is 1.67. The van der Waals surface area contributed by atoms with Gasteiger partial charge in [-0.1, -0.05) is 36.4 Å². The third-order valence-corrected chi connectivity index (χ3v) is 6.22. The predicted octanol–water partition coefficient (Wildman–Crippen LogP) is 5.74. The maximum atomic E-state index is 12.8. The molecular weight excluding hydrogens is 442 g/mol. The van der Waals surface area contributed by atoms with Gasteiger partial charge in [-0.3, -0.25) is 14.6 Å². The molecule has 0 aliphatic carbocycles. The number of rotatable bonds is 8. The molecule has 5 nitrogen and oxygen atoms in total. The first kappa shape index (κ1) is 23.1. The summed E-state index contributed by atoms with van der Waals surface area (Å²) in [5.41, 5.74) is 5.21. The van der Waals surface area contributed by atoms with E-state index in [1.165, 1.54) is 6.08 Å². The van der Waals surface area contributed by atoms with E-state index in [9.17, 15) is 9.59 Å². The van der Waals surface area contributed by atoms with Crippen molar-refractivity contribution in [1.82, 2.24) is 10.3 Å². The van der Waals surface area contributed by atoms with Gasteiger partial charge in [0.2, 0.25) is 5.91 Å². The number of benzene rings is 2. The zero-order chi connectivity index (χ0) is 23.8. The topological polar surface area (TPSA) is 71.1 Å². The summed E-state index contributed by atoms with van der Waals surface area (Å²) in [6.45, 7) is 2.50. The molecule has 4 aromatic rings. The molecule has 0 radical (unpaired) electrons. The molecule has 6 heteroatoms. The van der Waals surface area contributed by atoms with Crippen molar-refractivity contribution >= 4 is 34.9 Å². The highest BCUT2D eigenvalue weighted by molar-refractivity contribution is 7.13. The lowest BCUT2D eigenvalue weighted by Crippen LogP contribution is -2.23. The van der Waals surface area contributed by atoms with E-state index in [0.717, 1.165) is 32.9 Å². The Hall–Kier alpha value is -4.03. The molecule has 34 heavy (non-hydrogen) atoms. The zero-order valence-electron chi connectivity index (χ0n) is 18.8. The molecule has 0 unspecified atom stereocenters. The number of aromatic nitrogens is 1. The van der Waals surface area contributed by atoms with Crippen molar-refractivity contribution in [3.63, 3.8) is 0 Å². The van der Waals surface area contributed by atoms with Crippen LogP contribution in [0.15, 0.2) is 90.4 Å². The van der Waals surface area contributed by atoms with Crippen LogP contribution in [0.1, 0.15) is 27.2 Å². The Morgan fingerprint density at radius 2 is 1.85 bits per heavy atom. The fraction of sp³-hybridized carbons (Fsp3) is 0.107. The summed E-state index contributed by atoms with van der Waals surface area (Å²) in [5, 5.41) is 7.90. The Morgan fingerprint density at radius 3 is 2.59 bits per heavy atom. The molecule has 0 spiro atoms. The van der Waals surface area contributed by atoms with Crippen molar-refractivity contribution in [2.45, 2.75) is 13.3 Å². The number of anilines is 1. The van der Waals surface area contributed by atoms with Crippen LogP contribution in [0, 0.1) is 6.92 Å². The Morgan fingerprint density at radius 1 is 1.00 bits per heavy atom. The van der Waals surface area contributed by atoms with Gasteiger partial charge >= 0.3 is 0 Å². The van der Waals surface area contributed by atoms with Crippen LogP contribution in [0.4, 0.5) is 5.69 Å². The van der Waals surface area contributed by atoms with Gasteiger partial charge in [-0.15, -0.1) is 11.3 Å². The lowest BCUT2D eigenvalue weighted by atomic mass is 10.1. The first-order valence-electron chi connectivity index (χ1n) is 11.0. The third kappa shape index (κ3) is 6.27. The van der Waals surface area contributed by atoms with Crippen molar-refractivity contribution in [3.8, 4) is 10.4 Å². The monoisotopic (exact) mass is 467 g/mol. The number of hydrogen-bond acceptors (Lipinski definition) is 4. The molecule has 0 bridgehead atoms. The highest BCUT2D eigenvalue weighted by Crippen LogP contribution is 2.29. The summed E-state index contributed by atoms with van der Waals surface area (Å²) in [4.78, 5) is 30.2. The quantitative estimate of drug-likeness (QED) is 0.325. The number of pyridine rings is 1. The maximum absolute atomic E-state index is 12.8. The molecule has 4 rings (SSSR count). The van der Waals surface area contributed by atoms with Gasteiger partial charge in [0.05, 0.1) is 0 Å². The summed E-state index contributed by atoms with van der Waals surface area (Å²) < 4.78 is 0. The van der Waals surface area contributed by atoms with Crippen LogP contribution in [0.3, 0.4) is 0 Å². The molecular formula is C28H25N3O2S. The molecule has 2 heterocycles. The van der Waals surface area contributed by atoms with Crippen LogP contribution in [-0.2, 0) is 11.2 Å². The van der Waals surface area contributed by atoms with Gasteiger partial charge in [-0.25, -0.2) is 0 Å². The number of carbonyl (C=O) groups is 2. The molecule has 0 aliphatic heterocycles. The van der Waals surface area contributed by atoms with Crippen molar-refractivity contribution in [2.75, 3.05) is 11.9 Å². The van der Waals surface area contributed by atoms with Gasteiger partial charge in [-0.05, 0) is 71.5 Å². The Bertz CT molecular complexity index is 1280. The van der Waals surface area contributed by atoms with E-state index in [0.29, 0.717) is 18.5 Å². The molecule has 0 fully saturated rings. The van der Waals surface area contributed by atoms with E-state index >= 15 is 0 Å². The SMILES string of the molecule is Cc1ccc(-c2cccs2)cc1NC(=O)c1ccc(/C=C/C(=O)NCCc2ccccn2)cc1. The van der Waals surface area contributed by atoms with Crippen molar-refractivity contribution in [3.05, 3.63) is 113 Å². The highest BCUT2D eigenvalue weighted by atomic mass is 32.1. The summed E-state index contributed by atoms with van der Waals surface area (Å²) in [6, 6.07) is 23.0. The number of aryl methyl sites for hydroxylation is 1. The molecule has 2 N–H and O–H groups in total. The molecule has 2 aromatic carbocycles. The number of nitrogens with zero attached hydrogens (tertiary/aromatic N) is 1. The molecule has 0 saturated carbocycles. The minimum absolute atomic E-state index is 0.168. The maximum Gasteiger partial charge on any atom is 0.255 e. The predicted molar refractivity (Wildman–Crippen MR) is 139 cm³/mol. The molecule has 2 amide bonds. The average molecular weight is 468 g/mol. The second-order valence-electron chi connectivity index (χ2n) is 7.78. The lowest BCUT2D eigenvalue weighted by Gasteiger charge is -2.10. The largest absolute Gasteiger partial charge is 0.352 e. The van der Waals surface area contributed by atoms with Crippen LogP contribution in [0.5, 0.6) is 0 Å². The van der Waals surface area contributed by atoms with Crippen LogP contribution in [-0.4, -0.2) is 23.3 Å². The highest BCUT2D eigenvalue weighted by Gasteiger charge is 2.09. The smallest absolute Gasteiger partial charge is 0.255 e. The molecule has 0 atom stereocenters. The number of amides is 2. The van der Waals surface area contributed by atoms with Crippen molar-refractivity contribution in [1.29, 1.82) is 0 Å². The Labute approximate surface area is 203 Å². The molecule has 170 valence electrons. The van der Waals surface area contributed by atoms with E-state index in [4.69, 9.17) is 0 Å². The van der Waals surface area contributed by atoms with Crippen LogP contribution >= 0.6 is 11.3 Å². The second kappa shape index (κ2) is 11.2. The number of hydrogen-bond donors (Lipinski definition) is 2. The molecule has 0 saturated heterocycles. The van der Waals surface area contributed by atoms with Gasteiger partial charge in [0.1, 0.15) is 0 Å². The van der Waals surface area contributed by atoms with E-state index in [2.05, 4.69) is 27.8 Å². The van der Waals surface area contributed by atoms with Gasteiger partial charge < -0.3 is 10.6 Å². The average Bonchev–Trinajstić information content (AvgIpc) is 3.40. The normalized spacial score (nSPS) is 10.9. The summed E-state index contributed by atoms with van der Waals surface area (Å²) in [6.07, 6.45) is 5.64. The van der Waals surface area contributed by atoms with Crippen LogP contribution in [0.2, 0.25) is 0 Å². The fourth-order valence-corrected chi connectivity index (χ4v) is 4.11. The number of carbonyl (C=O) groups excluding carboxylic acids is 2. The van der Waals surface area contributed by atoms with Crippen molar-refractivity contribution < 1.29 is 9.59 Å². The number of thiophene rings is 1. The zero-order valence-corrected chi connectivity index (χ0v) is 19.6. The molecule has 0 aliphatic rings. The van der Waals surface area contributed by atoms with E-state index in [-0.39, 0.29) is 11.8 Å². The van der Waals surface area contributed by atoms with E-state index in [1.54, 1.807) is 35.7 Å². The summed E-state index contributed by atoms with van der Waals surface area (Å²) in [7, 11) is 0. The Balaban J connectivity index is 1.32. The fourth-order valence-electron chi connectivity index (χ4n) is 3.38. The minimum Gasteiger partial charge on any atom is -0.352 e.